The van der Waals surface area contributed by atoms with Gasteiger partial charge in [-0.25, -0.2) is 0 Å². The number of nitrogens with two attached hydrogens (primary N) is 1. The molecule has 1 aromatic rings. The Bertz CT molecular complexity index is 579. The van der Waals surface area contributed by atoms with Crippen molar-refractivity contribution in [2.75, 3.05) is 5.73 Å². The van der Waals surface area contributed by atoms with Crippen LogP contribution in [0.2, 0.25) is 0 Å². The van der Waals surface area contributed by atoms with Gasteiger partial charge in [-0.05, 0) is 30.3 Å². The van der Waals surface area contributed by atoms with Crippen LogP contribution in [0.5, 0.6) is 0 Å². The summed E-state index contributed by atoms with van der Waals surface area (Å²) < 4.78 is 0. The number of alkyl halides is 1. The molecule has 1 unspecified atom stereocenters. The largest absolute Gasteiger partial charge is 0.399 e. The van der Waals surface area contributed by atoms with Crippen LogP contribution in [0.15, 0.2) is 58.4 Å². The second kappa shape index (κ2) is 5.40. The fourth-order valence-corrected chi connectivity index (χ4v) is 1.62. The molecule has 2 N–H and O–H groups in total. The number of benzene rings is 1. The number of azo groups is 1. The van der Waals surface area contributed by atoms with Gasteiger partial charge in [0.25, 0.3) is 0 Å². The molecule has 0 saturated heterocycles. The molecule has 1 aromatic carbocycles. The maximum absolute atomic E-state index is 8.73. The highest BCUT2D eigenvalue weighted by molar-refractivity contribution is 6.35. The normalized spacial score (nSPS) is 18.8. The third-order valence-corrected chi connectivity index (χ3v) is 2.79. The Kier molecular flexibility index (Phi) is 3.67. The molecular formula is C12H10ClN5. The highest BCUT2D eigenvalue weighted by atomic mass is 35.5. The summed E-state index contributed by atoms with van der Waals surface area (Å²) in [6.45, 7) is 0. The van der Waals surface area contributed by atoms with Crippen molar-refractivity contribution in [2.24, 2.45) is 10.2 Å². The topological polar surface area (TPSA) is 87.1 Å². The first-order chi connectivity index (χ1) is 8.70. The van der Waals surface area contributed by atoms with Gasteiger partial charge in [-0.15, -0.1) is 11.6 Å². The van der Waals surface area contributed by atoms with Gasteiger partial charge in [0.15, 0.2) is 5.38 Å². The standard InChI is InChI=1S/C12H10ClN5/c13-12-10(16-15)2-1-3-11(12)18-17-9-6-4-8(14)5-7-9/h1-7,12H,14H2. The summed E-state index contributed by atoms with van der Waals surface area (Å²) in [5.41, 5.74) is 16.5. The third kappa shape index (κ3) is 2.71. The Balaban J connectivity index is 2.19. The van der Waals surface area contributed by atoms with E-state index < -0.39 is 5.38 Å². The molecule has 0 aromatic heterocycles. The number of nitrogens with zero attached hydrogens (tertiary/aromatic N) is 4. The summed E-state index contributed by atoms with van der Waals surface area (Å²) in [5, 5.41) is 7.47. The number of nitrogen functional groups attached to an aromatic ring is 1. The zero-order chi connectivity index (χ0) is 13.0. The maximum Gasteiger partial charge on any atom is 0.315 e. The minimum atomic E-state index is -0.600. The summed E-state index contributed by atoms with van der Waals surface area (Å²) in [4.78, 5) is 3.08. The molecule has 0 spiro atoms. The lowest BCUT2D eigenvalue weighted by Gasteiger charge is -2.05. The van der Waals surface area contributed by atoms with Crippen molar-refractivity contribution in [3.63, 3.8) is 0 Å². The first kappa shape index (κ1) is 12.2. The summed E-state index contributed by atoms with van der Waals surface area (Å²) >= 11 is 6.06. The lowest BCUT2D eigenvalue weighted by atomic mass is 10.1. The SMILES string of the molecule is [N-]=[N+]=C1C=CC=C(N=Nc2ccc(N)cc2)C1Cl. The van der Waals surface area contributed by atoms with E-state index in [1.54, 1.807) is 42.5 Å². The van der Waals surface area contributed by atoms with Crippen LogP contribution in [0.3, 0.4) is 0 Å². The van der Waals surface area contributed by atoms with Crippen molar-refractivity contribution in [1.82, 2.24) is 0 Å². The van der Waals surface area contributed by atoms with Gasteiger partial charge in [-0.3, -0.25) is 0 Å². The van der Waals surface area contributed by atoms with E-state index in [2.05, 4.69) is 15.0 Å². The first-order valence-corrected chi connectivity index (χ1v) is 5.66. The molecule has 2 rings (SSSR count). The third-order valence-electron chi connectivity index (χ3n) is 2.34. The monoisotopic (exact) mass is 259 g/mol. The summed E-state index contributed by atoms with van der Waals surface area (Å²) in [7, 11) is 0. The van der Waals surface area contributed by atoms with Crippen LogP contribution < -0.4 is 5.73 Å². The number of halogens is 1. The quantitative estimate of drug-likeness (QED) is 0.376. The Labute approximate surface area is 109 Å². The molecular weight excluding hydrogens is 250 g/mol. The lowest BCUT2D eigenvalue weighted by Crippen LogP contribution is -2.17. The van der Waals surface area contributed by atoms with Gasteiger partial charge in [-0.2, -0.15) is 15.0 Å². The summed E-state index contributed by atoms with van der Waals surface area (Å²) in [6.07, 6.45) is 5.03. The minimum absolute atomic E-state index is 0.338. The van der Waals surface area contributed by atoms with E-state index in [0.29, 0.717) is 22.8 Å². The second-order valence-corrected chi connectivity index (χ2v) is 4.07. The van der Waals surface area contributed by atoms with E-state index in [1.807, 2.05) is 0 Å². The van der Waals surface area contributed by atoms with Crippen LogP contribution in [0.4, 0.5) is 11.4 Å². The molecule has 5 nitrogen and oxygen atoms in total. The minimum Gasteiger partial charge on any atom is -0.399 e. The molecule has 6 heteroatoms. The van der Waals surface area contributed by atoms with Crippen LogP contribution in [-0.2, 0) is 0 Å². The zero-order valence-corrected chi connectivity index (χ0v) is 10.1. The number of rotatable bonds is 2. The van der Waals surface area contributed by atoms with Gasteiger partial charge >= 0.3 is 5.71 Å². The van der Waals surface area contributed by atoms with E-state index in [4.69, 9.17) is 22.9 Å². The Morgan fingerprint density at radius 1 is 1.22 bits per heavy atom. The van der Waals surface area contributed by atoms with Crippen LogP contribution in [0, 0.1) is 0 Å². The van der Waals surface area contributed by atoms with E-state index in [9.17, 15) is 0 Å². The molecule has 0 aliphatic heterocycles. The number of hydrogen-bond acceptors (Lipinski definition) is 3. The van der Waals surface area contributed by atoms with Gasteiger partial charge in [0.1, 0.15) is 0 Å². The number of hydrogen-bond donors (Lipinski definition) is 1. The van der Waals surface area contributed by atoms with Crippen LogP contribution in [-0.4, -0.2) is 15.9 Å². The van der Waals surface area contributed by atoms with Gasteiger partial charge < -0.3 is 11.3 Å². The van der Waals surface area contributed by atoms with Crippen LogP contribution in [0.1, 0.15) is 0 Å². The van der Waals surface area contributed by atoms with Crippen molar-refractivity contribution in [3.8, 4) is 0 Å². The molecule has 0 bridgehead atoms. The highest BCUT2D eigenvalue weighted by Crippen LogP contribution is 2.21. The van der Waals surface area contributed by atoms with Crippen molar-refractivity contribution in [2.45, 2.75) is 5.38 Å². The molecule has 0 radical (unpaired) electrons. The molecule has 0 amide bonds. The molecule has 90 valence electrons. The van der Waals surface area contributed by atoms with E-state index in [0.717, 1.165) is 0 Å². The average molecular weight is 260 g/mol. The number of allylic oxidation sites excluding steroid dienone is 4. The van der Waals surface area contributed by atoms with E-state index in [-0.39, 0.29) is 0 Å². The molecule has 0 fully saturated rings. The Morgan fingerprint density at radius 3 is 2.61 bits per heavy atom. The van der Waals surface area contributed by atoms with E-state index in [1.165, 1.54) is 0 Å². The fourth-order valence-electron chi connectivity index (χ4n) is 1.39. The number of anilines is 1. The van der Waals surface area contributed by atoms with Crippen molar-refractivity contribution in [3.05, 3.63) is 53.7 Å². The van der Waals surface area contributed by atoms with Crippen molar-refractivity contribution in [1.29, 1.82) is 0 Å². The Morgan fingerprint density at radius 2 is 1.94 bits per heavy atom. The summed E-state index contributed by atoms with van der Waals surface area (Å²) in [5.74, 6) is 0. The second-order valence-electron chi connectivity index (χ2n) is 3.63. The molecule has 0 heterocycles. The predicted octanol–water partition coefficient (Wildman–Crippen LogP) is 3.08. The maximum atomic E-state index is 8.73. The molecule has 1 atom stereocenters. The molecule has 1 aliphatic carbocycles. The van der Waals surface area contributed by atoms with E-state index >= 15 is 0 Å². The smallest absolute Gasteiger partial charge is 0.315 e. The van der Waals surface area contributed by atoms with Gasteiger partial charge in [0, 0.05) is 11.8 Å². The van der Waals surface area contributed by atoms with Crippen molar-refractivity contribution >= 4 is 28.7 Å². The van der Waals surface area contributed by atoms with Crippen LogP contribution >= 0.6 is 11.6 Å². The zero-order valence-electron chi connectivity index (χ0n) is 9.36. The van der Waals surface area contributed by atoms with Gasteiger partial charge in [-0.1, -0.05) is 6.08 Å². The van der Waals surface area contributed by atoms with Gasteiger partial charge in [0.2, 0.25) is 0 Å². The lowest BCUT2D eigenvalue weighted by molar-refractivity contribution is -0.00534. The average Bonchev–Trinajstić information content (AvgIpc) is 2.39. The molecule has 18 heavy (non-hydrogen) atoms. The van der Waals surface area contributed by atoms with Crippen molar-refractivity contribution < 1.29 is 4.79 Å². The molecule has 0 saturated carbocycles. The van der Waals surface area contributed by atoms with Gasteiger partial charge in [0.05, 0.1) is 11.4 Å². The first-order valence-electron chi connectivity index (χ1n) is 5.22. The van der Waals surface area contributed by atoms with Crippen LogP contribution in [0.25, 0.3) is 5.53 Å². The predicted molar refractivity (Wildman–Crippen MR) is 70.9 cm³/mol. The summed E-state index contributed by atoms with van der Waals surface area (Å²) in [6, 6.07) is 6.98. The Hall–Kier alpha value is -2.23. The fraction of sp³-hybridized carbons (Fsp3) is 0.0833. The highest BCUT2D eigenvalue weighted by Gasteiger charge is 2.25. The molecule has 1 aliphatic rings.